The SMILES string of the molecule is NCCCn1c(CC2CC2)nc2cccc(Cl)c2c1=O.Nc1ncnn2ccnc12. The molecule has 3 heterocycles. The normalized spacial score (nSPS) is 13.4. The first-order valence-corrected chi connectivity index (χ1v) is 10.2. The lowest BCUT2D eigenvalue weighted by Gasteiger charge is -2.13. The Morgan fingerprint density at radius 2 is 2.07 bits per heavy atom. The Hall–Kier alpha value is -3.04. The predicted molar refractivity (Wildman–Crippen MR) is 116 cm³/mol. The van der Waals surface area contributed by atoms with Crippen LogP contribution in [0.4, 0.5) is 5.82 Å². The van der Waals surface area contributed by atoms with Crippen molar-refractivity contribution in [1.29, 1.82) is 0 Å². The lowest BCUT2D eigenvalue weighted by Crippen LogP contribution is -2.27. The Kier molecular flexibility index (Phi) is 5.91. The topological polar surface area (TPSA) is 130 Å². The fourth-order valence-corrected chi connectivity index (χ4v) is 3.51. The van der Waals surface area contributed by atoms with Gasteiger partial charge in [-0.05, 0) is 43.9 Å². The summed E-state index contributed by atoms with van der Waals surface area (Å²) in [5.74, 6) is 1.96. The molecular formula is C20H23ClN8O. The molecule has 0 unspecified atom stereocenters. The predicted octanol–water partition coefficient (Wildman–Crippen LogP) is 2.06. The van der Waals surface area contributed by atoms with Gasteiger partial charge in [-0.3, -0.25) is 9.36 Å². The first-order chi connectivity index (χ1) is 14.6. The third kappa shape index (κ3) is 4.27. The number of aromatic nitrogens is 6. The van der Waals surface area contributed by atoms with Crippen LogP contribution < -0.4 is 17.0 Å². The van der Waals surface area contributed by atoms with Gasteiger partial charge in [-0.25, -0.2) is 19.5 Å². The van der Waals surface area contributed by atoms with E-state index in [-0.39, 0.29) is 5.56 Å². The highest BCUT2D eigenvalue weighted by Crippen LogP contribution is 2.32. The molecule has 3 aromatic heterocycles. The van der Waals surface area contributed by atoms with E-state index >= 15 is 0 Å². The molecule has 0 atom stereocenters. The van der Waals surface area contributed by atoms with Crippen molar-refractivity contribution >= 4 is 34.0 Å². The zero-order valence-electron chi connectivity index (χ0n) is 16.4. The standard InChI is InChI=1S/C15H18ClN3O.C5H5N5/c16-11-3-1-4-12-14(11)15(20)19(8-2-7-17)13(18-12)9-10-5-6-10;6-4-5-7-1-2-10(5)9-3-8-4/h1,3-4,10H,2,5-9,17H2;1-3H,(H2,6,8,9). The number of benzene rings is 1. The Bertz CT molecular complexity index is 1230. The molecule has 4 aromatic rings. The maximum Gasteiger partial charge on any atom is 0.262 e. The van der Waals surface area contributed by atoms with Crippen molar-refractivity contribution < 1.29 is 0 Å². The summed E-state index contributed by atoms with van der Waals surface area (Å²) in [7, 11) is 0. The second-order valence-electron chi connectivity index (χ2n) is 7.25. The molecule has 1 saturated carbocycles. The van der Waals surface area contributed by atoms with Crippen LogP contribution in [0.5, 0.6) is 0 Å². The van der Waals surface area contributed by atoms with E-state index in [0.29, 0.717) is 46.4 Å². The molecule has 1 aliphatic carbocycles. The number of nitrogens with zero attached hydrogens (tertiary/aromatic N) is 6. The van der Waals surface area contributed by atoms with Crippen LogP contribution in [0, 0.1) is 5.92 Å². The highest BCUT2D eigenvalue weighted by molar-refractivity contribution is 6.35. The highest BCUT2D eigenvalue weighted by Gasteiger charge is 2.24. The van der Waals surface area contributed by atoms with Gasteiger partial charge >= 0.3 is 0 Å². The van der Waals surface area contributed by atoms with Crippen molar-refractivity contribution in [2.24, 2.45) is 11.7 Å². The van der Waals surface area contributed by atoms with E-state index in [1.54, 1.807) is 27.5 Å². The molecule has 4 N–H and O–H groups in total. The molecule has 0 amide bonds. The lowest BCUT2D eigenvalue weighted by atomic mass is 10.2. The average molecular weight is 427 g/mol. The number of hydrogen-bond acceptors (Lipinski definition) is 7. The number of hydrogen-bond donors (Lipinski definition) is 2. The first kappa shape index (κ1) is 20.2. The van der Waals surface area contributed by atoms with E-state index in [1.807, 2.05) is 12.1 Å². The molecule has 1 aromatic carbocycles. The van der Waals surface area contributed by atoms with E-state index in [4.69, 9.17) is 23.1 Å². The first-order valence-electron chi connectivity index (χ1n) is 9.86. The monoisotopic (exact) mass is 426 g/mol. The van der Waals surface area contributed by atoms with E-state index in [2.05, 4.69) is 20.1 Å². The zero-order chi connectivity index (χ0) is 21.1. The molecular weight excluding hydrogens is 404 g/mol. The van der Waals surface area contributed by atoms with Crippen LogP contribution in [0.25, 0.3) is 16.6 Å². The van der Waals surface area contributed by atoms with Gasteiger partial charge in [0.2, 0.25) is 0 Å². The van der Waals surface area contributed by atoms with Crippen LogP contribution in [-0.2, 0) is 13.0 Å². The van der Waals surface area contributed by atoms with Crippen molar-refractivity contribution in [3.05, 3.63) is 58.1 Å². The summed E-state index contributed by atoms with van der Waals surface area (Å²) in [5.41, 5.74) is 12.3. The van der Waals surface area contributed by atoms with Crippen molar-refractivity contribution in [2.75, 3.05) is 12.3 Å². The number of rotatable bonds is 5. The van der Waals surface area contributed by atoms with E-state index in [0.717, 1.165) is 18.7 Å². The summed E-state index contributed by atoms with van der Waals surface area (Å²) in [6.45, 7) is 1.18. The van der Waals surface area contributed by atoms with Crippen molar-refractivity contribution in [1.82, 2.24) is 29.1 Å². The van der Waals surface area contributed by atoms with Crippen LogP contribution in [0.3, 0.4) is 0 Å². The number of anilines is 1. The third-order valence-electron chi connectivity index (χ3n) is 4.99. The van der Waals surface area contributed by atoms with Gasteiger partial charge in [0.25, 0.3) is 5.56 Å². The Morgan fingerprint density at radius 1 is 1.23 bits per heavy atom. The van der Waals surface area contributed by atoms with Crippen LogP contribution in [0.2, 0.25) is 5.02 Å². The zero-order valence-corrected chi connectivity index (χ0v) is 17.2. The summed E-state index contributed by atoms with van der Waals surface area (Å²) in [5, 5.41) is 4.86. The van der Waals surface area contributed by atoms with Gasteiger partial charge in [-0.15, -0.1) is 0 Å². The van der Waals surface area contributed by atoms with Crippen molar-refractivity contribution in [2.45, 2.75) is 32.2 Å². The maximum absolute atomic E-state index is 12.7. The number of nitrogens with two attached hydrogens (primary N) is 2. The molecule has 10 heteroatoms. The molecule has 0 saturated heterocycles. The number of halogens is 1. The molecule has 30 heavy (non-hydrogen) atoms. The van der Waals surface area contributed by atoms with E-state index in [9.17, 15) is 4.79 Å². The molecule has 156 valence electrons. The van der Waals surface area contributed by atoms with E-state index in [1.165, 1.54) is 19.2 Å². The van der Waals surface area contributed by atoms with Gasteiger partial charge in [0, 0.05) is 25.4 Å². The minimum Gasteiger partial charge on any atom is -0.381 e. The van der Waals surface area contributed by atoms with Gasteiger partial charge < -0.3 is 11.5 Å². The van der Waals surface area contributed by atoms with Gasteiger partial charge in [0.05, 0.1) is 15.9 Å². The smallest absolute Gasteiger partial charge is 0.262 e. The fraction of sp³-hybridized carbons (Fsp3) is 0.350. The van der Waals surface area contributed by atoms with Crippen LogP contribution in [0.15, 0.2) is 41.7 Å². The second-order valence-corrected chi connectivity index (χ2v) is 7.66. The minimum absolute atomic E-state index is 0.0373. The Balaban J connectivity index is 0.000000181. The molecule has 0 spiro atoms. The highest BCUT2D eigenvalue weighted by atomic mass is 35.5. The summed E-state index contributed by atoms with van der Waals surface area (Å²) in [4.78, 5) is 25.0. The average Bonchev–Trinajstić information content (AvgIpc) is 3.41. The fourth-order valence-electron chi connectivity index (χ4n) is 3.26. The van der Waals surface area contributed by atoms with Crippen LogP contribution in [-0.4, -0.2) is 35.7 Å². The molecule has 1 fully saturated rings. The minimum atomic E-state index is -0.0373. The van der Waals surface area contributed by atoms with Crippen LogP contribution >= 0.6 is 11.6 Å². The number of nitrogen functional groups attached to an aromatic ring is 1. The summed E-state index contributed by atoms with van der Waals surface area (Å²) in [6, 6.07) is 5.43. The number of fused-ring (bicyclic) bond motifs is 2. The van der Waals surface area contributed by atoms with Crippen LogP contribution in [0.1, 0.15) is 25.1 Å². The van der Waals surface area contributed by atoms with Crippen molar-refractivity contribution in [3.63, 3.8) is 0 Å². The molecule has 5 rings (SSSR count). The van der Waals surface area contributed by atoms with Gasteiger partial charge in [-0.1, -0.05) is 17.7 Å². The summed E-state index contributed by atoms with van der Waals surface area (Å²) >= 11 is 6.16. The lowest BCUT2D eigenvalue weighted by molar-refractivity contribution is 0.575. The second kappa shape index (κ2) is 8.76. The van der Waals surface area contributed by atoms with Gasteiger partial charge in [0.1, 0.15) is 12.2 Å². The molecule has 9 nitrogen and oxygen atoms in total. The maximum atomic E-state index is 12.7. The molecule has 0 bridgehead atoms. The molecule has 0 aliphatic heterocycles. The van der Waals surface area contributed by atoms with E-state index < -0.39 is 0 Å². The summed E-state index contributed by atoms with van der Waals surface area (Å²) < 4.78 is 3.34. The van der Waals surface area contributed by atoms with Crippen molar-refractivity contribution in [3.8, 4) is 0 Å². The third-order valence-corrected chi connectivity index (χ3v) is 5.30. The molecule has 1 aliphatic rings. The number of imidazole rings is 1. The molecule has 0 radical (unpaired) electrons. The van der Waals surface area contributed by atoms with Gasteiger partial charge in [0.15, 0.2) is 11.5 Å². The quantitative estimate of drug-likeness (QED) is 0.499. The Labute approximate surface area is 177 Å². The largest absolute Gasteiger partial charge is 0.381 e. The Morgan fingerprint density at radius 3 is 2.80 bits per heavy atom. The summed E-state index contributed by atoms with van der Waals surface area (Å²) in [6.07, 6.45) is 8.86. The van der Waals surface area contributed by atoms with Gasteiger partial charge in [-0.2, -0.15) is 5.10 Å².